The summed E-state index contributed by atoms with van der Waals surface area (Å²) in [6.45, 7) is 1.30. The molecule has 1 aliphatic rings. The van der Waals surface area contributed by atoms with Crippen molar-refractivity contribution in [1.29, 1.82) is 0 Å². The molecule has 1 aromatic carbocycles. The molecule has 3 heterocycles. The maximum absolute atomic E-state index is 12.5. The number of aromatic nitrogens is 4. The molecule has 0 bridgehead atoms. The number of carbonyl (C=O) groups excluding carboxylic acids is 1. The van der Waals surface area contributed by atoms with Gasteiger partial charge < -0.3 is 5.32 Å². The summed E-state index contributed by atoms with van der Waals surface area (Å²) in [4.78, 5) is 16.5. The molecule has 1 amide bonds. The first-order chi connectivity index (χ1) is 14.0. The van der Waals surface area contributed by atoms with Gasteiger partial charge in [0.1, 0.15) is 5.69 Å². The molecule has 0 radical (unpaired) electrons. The van der Waals surface area contributed by atoms with E-state index >= 15 is 0 Å². The topological polar surface area (TPSA) is 110 Å². The van der Waals surface area contributed by atoms with E-state index in [1.165, 1.54) is 28.6 Å². The van der Waals surface area contributed by atoms with Crippen LogP contribution in [0.15, 0.2) is 59.9 Å². The molecule has 1 fully saturated rings. The van der Waals surface area contributed by atoms with Gasteiger partial charge in [-0.3, -0.25) is 9.78 Å². The van der Waals surface area contributed by atoms with Crippen molar-refractivity contribution in [2.24, 2.45) is 0 Å². The van der Waals surface area contributed by atoms with Gasteiger partial charge in [-0.05, 0) is 49.2 Å². The fourth-order valence-electron chi connectivity index (χ4n) is 3.13. The summed E-state index contributed by atoms with van der Waals surface area (Å²) in [5.74, 6) is -0.311. The highest BCUT2D eigenvalue weighted by molar-refractivity contribution is 7.89. The third-order valence-electron chi connectivity index (χ3n) is 4.72. The average molecular weight is 412 g/mol. The van der Waals surface area contributed by atoms with E-state index in [4.69, 9.17) is 0 Å². The lowest BCUT2D eigenvalue weighted by atomic mass is 10.2. The van der Waals surface area contributed by atoms with E-state index in [0.717, 1.165) is 18.5 Å². The lowest BCUT2D eigenvalue weighted by molar-refractivity contribution is 0.0950. The van der Waals surface area contributed by atoms with E-state index in [2.05, 4.69) is 20.6 Å². The molecule has 29 heavy (non-hydrogen) atoms. The molecule has 3 aromatic rings. The number of hydrogen-bond acceptors (Lipinski definition) is 6. The molecule has 4 rings (SSSR count). The zero-order chi connectivity index (χ0) is 20.3. The Morgan fingerprint density at radius 3 is 2.41 bits per heavy atom. The van der Waals surface area contributed by atoms with Gasteiger partial charge in [0.05, 0.1) is 23.3 Å². The van der Waals surface area contributed by atoms with Gasteiger partial charge in [-0.15, -0.1) is 5.10 Å². The van der Waals surface area contributed by atoms with E-state index in [1.54, 1.807) is 35.4 Å². The number of hydrogen-bond donors (Lipinski definition) is 1. The smallest absolute Gasteiger partial charge is 0.251 e. The summed E-state index contributed by atoms with van der Waals surface area (Å²) < 4.78 is 28.2. The molecular weight excluding hydrogens is 392 g/mol. The molecule has 2 aromatic heterocycles. The van der Waals surface area contributed by atoms with Gasteiger partial charge in [-0.2, -0.15) is 4.31 Å². The molecule has 10 heteroatoms. The molecule has 1 saturated heterocycles. The Morgan fingerprint density at radius 1 is 1.03 bits per heavy atom. The number of amides is 1. The van der Waals surface area contributed by atoms with Gasteiger partial charge in [0.2, 0.25) is 10.0 Å². The first kappa shape index (κ1) is 19.2. The lowest BCUT2D eigenvalue weighted by Crippen LogP contribution is -2.28. The van der Waals surface area contributed by atoms with E-state index < -0.39 is 10.0 Å². The monoisotopic (exact) mass is 412 g/mol. The first-order valence-corrected chi connectivity index (χ1v) is 10.7. The predicted octanol–water partition coefficient (Wildman–Crippen LogP) is 1.38. The Labute approximate surface area is 168 Å². The van der Waals surface area contributed by atoms with Crippen LogP contribution in [0.5, 0.6) is 0 Å². The van der Waals surface area contributed by atoms with Gasteiger partial charge in [0, 0.05) is 31.0 Å². The maximum atomic E-state index is 12.5. The lowest BCUT2D eigenvalue weighted by Gasteiger charge is -2.15. The van der Waals surface area contributed by atoms with Crippen LogP contribution in [-0.4, -0.2) is 51.7 Å². The van der Waals surface area contributed by atoms with Crippen molar-refractivity contribution < 1.29 is 13.2 Å². The normalized spacial score (nSPS) is 14.8. The van der Waals surface area contributed by atoms with Crippen molar-refractivity contribution in [3.8, 4) is 5.69 Å². The number of nitrogens with zero attached hydrogens (tertiary/aromatic N) is 5. The standard InChI is InChI=1S/C19H20N6O3S/c26-19(21-13-16-14-25(23-22-16)17-7-9-20-10-8-17)15-3-5-18(6-4-15)29(27,28)24-11-1-2-12-24/h3-10,14H,1-2,11-13H2,(H,21,26). The van der Waals surface area contributed by atoms with Crippen LogP contribution in [0.1, 0.15) is 28.9 Å². The predicted molar refractivity (Wildman–Crippen MR) is 105 cm³/mol. The van der Waals surface area contributed by atoms with Crippen molar-refractivity contribution in [2.75, 3.05) is 13.1 Å². The van der Waals surface area contributed by atoms with E-state index in [9.17, 15) is 13.2 Å². The molecule has 1 N–H and O–H groups in total. The summed E-state index contributed by atoms with van der Waals surface area (Å²) in [6, 6.07) is 9.59. The van der Waals surface area contributed by atoms with Crippen LogP contribution in [-0.2, 0) is 16.6 Å². The van der Waals surface area contributed by atoms with Crippen LogP contribution in [0.25, 0.3) is 5.69 Å². The van der Waals surface area contributed by atoms with Crippen molar-refractivity contribution in [1.82, 2.24) is 29.6 Å². The Bertz CT molecular complexity index is 1090. The Balaban J connectivity index is 1.38. The van der Waals surface area contributed by atoms with Crippen molar-refractivity contribution in [2.45, 2.75) is 24.3 Å². The van der Waals surface area contributed by atoms with E-state index in [-0.39, 0.29) is 17.3 Å². The summed E-state index contributed by atoms with van der Waals surface area (Å²) >= 11 is 0. The molecule has 0 unspecified atom stereocenters. The minimum atomic E-state index is -3.48. The van der Waals surface area contributed by atoms with Gasteiger partial charge in [0.15, 0.2) is 0 Å². The van der Waals surface area contributed by atoms with Crippen molar-refractivity contribution >= 4 is 15.9 Å². The van der Waals surface area contributed by atoms with Crippen LogP contribution in [0.4, 0.5) is 0 Å². The van der Waals surface area contributed by atoms with Crippen molar-refractivity contribution in [3.63, 3.8) is 0 Å². The van der Waals surface area contributed by atoms with E-state index in [1.807, 2.05) is 0 Å². The molecule has 0 aliphatic carbocycles. The second kappa shape index (κ2) is 8.10. The molecule has 1 aliphatic heterocycles. The highest BCUT2D eigenvalue weighted by Crippen LogP contribution is 2.21. The maximum Gasteiger partial charge on any atom is 0.251 e. The Hall–Kier alpha value is -3.11. The quantitative estimate of drug-likeness (QED) is 0.655. The molecular formula is C19H20N6O3S. The van der Waals surface area contributed by atoms with Crippen LogP contribution in [0, 0.1) is 0 Å². The second-order valence-electron chi connectivity index (χ2n) is 6.68. The highest BCUT2D eigenvalue weighted by atomic mass is 32.2. The minimum absolute atomic E-state index is 0.205. The van der Waals surface area contributed by atoms with Crippen LogP contribution in [0.3, 0.4) is 0 Å². The molecule has 150 valence electrons. The average Bonchev–Trinajstić information content (AvgIpc) is 3.45. The van der Waals surface area contributed by atoms with Crippen LogP contribution in [0.2, 0.25) is 0 Å². The number of rotatable bonds is 6. The summed E-state index contributed by atoms with van der Waals surface area (Å²) in [5, 5.41) is 10.8. The number of pyridine rings is 1. The molecule has 0 spiro atoms. The fraction of sp³-hybridized carbons (Fsp3) is 0.263. The van der Waals surface area contributed by atoms with Crippen LogP contribution >= 0.6 is 0 Å². The summed E-state index contributed by atoms with van der Waals surface area (Å²) in [5.41, 5.74) is 1.80. The van der Waals surface area contributed by atoms with Gasteiger partial charge in [-0.1, -0.05) is 5.21 Å². The Morgan fingerprint density at radius 2 is 1.72 bits per heavy atom. The number of sulfonamides is 1. The van der Waals surface area contributed by atoms with Gasteiger partial charge in [-0.25, -0.2) is 13.1 Å². The zero-order valence-electron chi connectivity index (χ0n) is 15.6. The molecule has 0 saturated carbocycles. The number of benzene rings is 1. The number of carbonyl (C=O) groups is 1. The molecule has 0 atom stereocenters. The number of nitrogens with one attached hydrogen (secondary N) is 1. The first-order valence-electron chi connectivity index (χ1n) is 9.24. The Kier molecular flexibility index (Phi) is 5.36. The largest absolute Gasteiger partial charge is 0.346 e. The summed E-state index contributed by atoms with van der Waals surface area (Å²) in [7, 11) is -3.48. The van der Waals surface area contributed by atoms with Crippen LogP contribution < -0.4 is 5.32 Å². The third kappa shape index (κ3) is 4.17. The fourth-order valence-corrected chi connectivity index (χ4v) is 4.65. The van der Waals surface area contributed by atoms with Gasteiger partial charge >= 0.3 is 0 Å². The third-order valence-corrected chi connectivity index (χ3v) is 6.63. The SMILES string of the molecule is O=C(NCc1cn(-c2ccncc2)nn1)c1ccc(S(=O)(=O)N2CCCC2)cc1. The zero-order valence-corrected chi connectivity index (χ0v) is 16.4. The van der Waals surface area contributed by atoms with Crippen molar-refractivity contribution in [3.05, 3.63) is 66.2 Å². The van der Waals surface area contributed by atoms with Gasteiger partial charge in [0.25, 0.3) is 5.91 Å². The minimum Gasteiger partial charge on any atom is -0.346 e. The summed E-state index contributed by atoms with van der Waals surface area (Å²) in [6.07, 6.45) is 6.80. The van der Waals surface area contributed by atoms with E-state index in [0.29, 0.717) is 24.3 Å². The second-order valence-corrected chi connectivity index (χ2v) is 8.62. The highest BCUT2D eigenvalue weighted by Gasteiger charge is 2.27. The molecule has 9 nitrogen and oxygen atoms in total.